The lowest BCUT2D eigenvalue weighted by Gasteiger charge is -2.25. The fourth-order valence-corrected chi connectivity index (χ4v) is 2.66. The summed E-state index contributed by atoms with van der Waals surface area (Å²) in [6.45, 7) is 6.46. The number of nitrogens with one attached hydrogen (secondary N) is 3. The van der Waals surface area contributed by atoms with Crippen molar-refractivity contribution in [3.8, 4) is 5.75 Å². The zero-order chi connectivity index (χ0) is 16.5. The largest absolute Gasteiger partial charge is 0.496 e. The van der Waals surface area contributed by atoms with E-state index in [-0.39, 0.29) is 5.91 Å². The highest BCUT2D eigenvalue weighted by Gasteiger charge is 2.19. The Morgan fingerprint density at radius 3 is 2.17 bits per heavy atom. The summed E-state index contributed by atoms with van der Waals surface area (Å²) in [7, 11) is 1.56. The van der Waals surface area contributed by atoms with Gasteiger partial charge in [0.05, 0.1) is 12.7 Å². The number of methoxy groups -OCH3 is 1. The summed E-state index contributed by atoms with van der Waals surface area (Å²) in [6.07, 6.45) is 0. The predicted molar refractivity (Wildman–Crippen MR) is 92.5 cm³/mol. The van der Waals surface area contributed by atoms with Crippen LogP contribution < -0.4 is 20.7 Å². The van der Waals surface area contributed by atoms with Crippen molar-refractivity contribution in [3.05, 3.63) is 28.8 Å². The van der Waals surface area contributed by atoms with Gasteiger partial charge in [0.2, 0.25) is 0 Å². The molecule has 1 amide bonds. The average molecular weight is 341 g/mol. The Morgan fingerprint density at radius 1 is 1.04 bits per heavy atom. The summed E-state index contributed by atoms with van der Waals surface area (Å²) in [5.41, 5.74) is 0.508. The Kier molecular flexibility index (Phi) is 7.61. The first-order valence-corrected chi connectivity index (χ1v) is 8.35. The number of carbonyl (C=O) groups is 1. The van der Waals surface area contributed by atoms with Crippen LogP contribution in [-0.4, -0.2) is 70.3 Å². The lowest BCUT2D eigenvalue weighted by Crippen LogP contribution is -2.44. The van der Waals surface area contributed by atoms with Crippen LogP contribution in [0.25, 0.3) is 0 Å². The van der Waals surface area contributed by atoms with E-state index in [4.69, 9.17) is 16.3 Å². The van der Waals surface area contributed by atoms with Gasteiger partial charge < -0.3 is 25.6 Å². The van der Waals surface area contributed by atoms with E-state index < -0.39 is 0 Å². The van der Waals surface area contributed by atoms with Gasteiger partial charge in [0.25, 0.3) is 5.91 Å². The zero-order valence-electron chi connectivity index (χ0n) is 13.5. The summed E-state index contributed by atoms with van der Waals surface area (Å²) < 4.78 is 5.30. The van der Waals surface area contributed by atoms with Crippen molar-refractivity contribution in [2.24, 2.45) is 0 Å². The standard InChI is InChI=1S/C16H25ClN4O2/c1-23-15-3-2-13(17)12-14(15)16(22)21-10-8-19-6-4-18-5-7-20-9-11-21/h2-3,12,18-20H,4-11H2,1H3. The maximum absolute atomic E-state index is 12.9. The number of amides is 1. The van der Waals surface area contributed by atoms with E-state index in [0.717, 1.165) is 39.3 Å². The highest BCUT2D eigenvalue weighted by molar-refractivity contribution is 6.31. The molecule has 128 valence electrons. The molecule has 0 atom stereocenters. The molecule has 1 heterocycles. The van der Waals surface area contributed by atoms with Crippen molar-refractivity contribution < 1.29 is 9.53 Å². The minimum atomic E-state index is -0.0527. The maximum Gasteiger partial charge on any atom is 0.257 e. The number of nitrogens with zero attached hydrogens (tertiary/aromatic N) is 1. The third kappa shape index (κ3) is 5.66. The fourth-order valence-electron chi connectivity index (χ4n) is 2.49. The van der Waals surface area contributed by atoms with Gasteiger partial charge in [0.1, 0.15) is 5.75 Å². The summed E-state index contributed by atoms with van der Waals surface area (Å²) >= 11 is 6.04. The van der Waals surface area contributed by atoms with Gasteiger partial charge in [0, 0.05) is 57.4 Å². The second kappa shape index (κ2) is 9.72. The fraction of sp³-hybridized carbons (Fsp3) is 0.562. The van der Waals surface area contributed by atoms with Crippen LogP contribution in [0.3, 0.4) is 0 Å². The molecule has 1 aliphatic heterocycles. The Hall–Kier alpha value is -1.34. The number of halogens is 1. The molecular weight excluding hydrogens is 316 g/mol. The van der Waals surface area contributed by atoms with Gasteiger partial charge >= 0.3 is 0 Å². The number of rotatable bonds is 2. The van der Waals surface area contributed by atoms with E-state index in [1.807, 2.05) is 4.90 Å². The molecule has 0 unspecified atom stereocenters. The number of hydrogen-bond donors (Lipinski definition) is 3. The van der Waals surface area contributed by atoms with Gasteiger partial charge in [-0.2, -0.15) is 0 Å². The van der Waals surface area contributed by atoms with Gasteiger partial charge in [-0.3, -0.25) is 4.79 Å². The smallest absolute Gasteiger partial charge is 0.257 e. The number of benzene rings is 1. The topological polar surface area (TPSA) is 65.6 Å². The van der Waals surface area contributed by atoms with E-state index in [9.17, 15) is 4.79 Å². The number of hydrogen-bond acceptors (Lipinski definition) is 5. The molecule has 23 heavy (non-hydrogen) atoms. The van der Waals surface area contributed by atoms with Crippen LogP contribution in [-0.2, 0) is 0 Å². The highest BCUT2D eigenvalue weighted by atomic mass is 35.5. The van der Waals surface area contributed by atoms with E-state index in [2.05, 4.69) is 16.0 Å². The predicted octanol–water partition coefficient (Wildman–Crippen LogP) is 0.573. The minimum absolute atomic E-state index is 0.0527. The lowest BCUT2D eigenvalue weighted by molar-refractivity contribution is 0.0754. The van der Waals surface area contributed by atoms with Gasteiger partial charge in [-0.25, -0.2) is 0 Å². The second-order valence-corrected chi connectivity index (χ2v) is 5.82. The quantitative estimate of drug-likeness (QED) is 0.734. The van der Waals surface area contributed by atoms with Crippen LogP contribution in [0.5, 0.6) is 5.75 Å². The lowest BCUT2D eigenvalue weighted by atomic mass is 10.1. The first-order valence-electron chi connectivity index (χ1n) is 7.97. The summed E-state index contributed by atoms with van der Waals surface area (Å²) in [4.78, 5) is 14.7. The minimum Gasteiger partial charge on any atom is -0.496 e. The average Bonchev–Trinajstić information content (AvgIpc) is 2.55. The molecule has 3 N–H and O–H groups in total. The van der Waals surface area contributed by atoms with E-state index in [0.29, 0.717) is 29.4 Å². The van der Waals surface area contributed by atoms with E-state index >= 15 is 0 Å². The molecule has 0 spiro atoms. The monoisotopic (exact) mass is 340 g/mol. The van der Waals surface area contributed by atoms with Crippen molar-refractivity contribution in [2.75, 3.05) is 59.5 Å². The SMILES string of the molecule is COc1ccc(Cl)cc1C(=O)N1CCNCCNCCNCC1. The molecule has 7 heteroatoms. The summed E-state index contributed by atoms with van der Waals surface area (Å²) in [6, 6.07) is 5.13. The molecule has 1 aliphatic rings. The van der Waals surface area contributed by atoms with Crippen molar-refractivity contribution in [1.82, 2.24) is 20.9 Å². The third-order valence-electron chi connectivity index (χ3n) is 3.75. The molecule has 1 fully saturated rings. The van der Waals surface area contributed by atoms with Crippen LogP contribution in [0, 0.1) is 0 Å². The number of ether oxygens (including phenoxy) is 1. The van der Waals surface area contributed by atoms with E-state index in [1.165, 1.54) is 0 Å². The maximum atomic E-state index is 12.9. The van der Waals surface area contributed by atoms with Crippen LogP contribution in [0.4, 0.5) is 0 Å². The van der Waals surface area contributed by atoms with Crippen molar-refractivity contribution in [3.63, 3.8) is 0 Å². The molecule has 0 radical (unpaired) electrons. The molecule has 2 rings (SSSR count). The van der Waals surface area contributed by atoms with Crippen LogP contribution >= 0.6 is 11.6 Å². The Labute approximate surface area is 142 Å². The van der Waals surface area contributed by atoms with Gasteiger partial charge in [0.15, 0.2) is 0 Å². The van der Waals surface area contributed by atoms with Gasteiger partial charge in [-0.15, -0.1) is 0 Å². The molecule has 1 aromatic carbocycles. The number of carbonyl (C=O) groups excluding carboxylic acids is 1. The molecule has 1 saturated heterocycles. The van der Waals surface area contributed by atoms with Crippen molar-refractivity contribution in [2.45, 2.75) is 0 Å². The van der Waals surface area contributed by atoms with Crippen molar-refractivity contribution in [1.29, 1.82) is 0 Å². The van der Waals surface area contributed by atoms with Gasteiger partial charge in [-0.1, -0.05) is 11.6 Å². The van der Waals surface area contributed by atoms with Gasteiger partial charge in [-0.05, 0) is 18.2 Å². The molecule has 0 aliphatic carbocycles. The Morgan fingerprint density at radius 2 is 1.61 bits per heavy atom. The van der Waals surface area contributed by atoms with Crippen molar-refractivity contribution >= 4 is 17.5 Å². The molecule has 0 bridgehead atoms. The van der Waals surface area contributed by atoms with Crippen LogP contribution in [0.2, 0.25) is 5.02 Å². The Balaban J connectivity index is 2.08. The molecular formula is C16H25ClN4O2. The highest BCUT2D eigenvalue weighted by Crippen LogP contribution is 2.24. The Bertz CT molecular complexity index is 501. The summed E-state index contributed by atoms with van der Waals surface area (Å²) in [5, 5.41) is 10.6. The zero-order valence-corrected chi connectivity index (χ0v) is 14.3. The molecule has 0 aromatic heterocycles. The molecule has 1 aromatic rings. The normalized spacial score (nSPS) is 17.9. The van der Waals surface area contributed by atoms with Crippen LogP contribution in [0.15, 0.2) is 18.2 Å². The summed E-state index contributed by atoms with van der Waals surface area (Å²) in [5.74, 6) is 0.499. The van der Waals surface area contributed by atoms with Crippen LogP contribution in [0.1, 0.15) is 10.4 Å². The molecule has 6 nitrogen and oxygen atoms in total. The second-order valence-electron chi connectivity index (χ2n) is 5.39. The van der Waals surface area contributed by atoms with E-state index in [1.54, 1.807) is 25.3 Å². The molecule has 0 saturated carbocycles. The first-order chi connectivity index (χ1) is 11.2. The third-order valence-corrected chi connectivity index (χ3v) is 3.99. The first kappa shape index (κ1) is 18.0.